The molecule has 1 aromatic rings. The van der Waals surface area contributed by atoms with Crippen molar-refractivity contribution in [3.05, 3.63) is 17.2 Å². The predicted octanol–water partition coefficient (Wildman–Crippen LogP) is 1.07. The van der Waals surface area contributed by atoms with Gasteiger partial charge in [-0.1, -0.05) is 18.5 Å². The lowest BCUT2D eigenvalue weighted by molar-refractivity contribution is 0.125. The Morgan fingerprint density at radius 3 is 2.92 bits per heavy atom. The van der Waals surface area contributed by atoms with E-state index in [-0.39, 0.29) is 5.92 Å². The number of aromatic nitrogens is 2. The largest absolute Gasteiger partial charge is 0.336 e. The lowest BCUT2D eigenvalue weighted by Crippen LogP contribution is -2.11. The molecule has 1 unspecified atom stereocenters. The van der Waals surface area contributed by atoms with Crippen LogP contribution in [0, 0.1) is 0 Å². The van der Waals surface area contributed by atoms with Crippen LogP contribution in [-0.2, 0) is 11.9 Å². The minimum atomic E-state index is 0.162. The van der Waals surface area contributed by atoms with Gasteiger partial charge in [0.25, 0.3) is 0 Å². The number of hydrogen-bond donors (Lipinski definition) is 1. The van der Waals surface area contributed by atoms with Crippen LogP contribution in [0.15, 0.2) is 6.33 Å². The molecule has 0 fully saturated rings. The SMILES string of the molecule is CC(CON)c1c(Cl)ncn1C. The van der Waals surface area contributed by atoms with E-state index in [2.05, 4.69) is 9.82 Å². The summed E-state index contributed by atoms with van der Waals surface area (Å²) >= 11 is 5.85. The Hall–Kier alpha value is -0.580. The summed E-state index contributed by atoms with van der Waals surface area (Å²) in [7, 11) is 1.89. The molecule has 0 aliphatic rings. The Morgan fingerprint density at radius 1 is 1.83 bits per heavy atom. The fourth-order valence-electron chi connectivity index (χ4n) is 1.19. The minimum absolute atomic E-state index is 0.162. The average Bonchev–Trinajstić information content (AvgIpc) is 2.32. The molecule has 0 aliphatic heterocycles. The highest BCUT2D eigenvalue weighted by Crippen LogP contribution is 2.22. The summed E-state index contributed by atoms with van der Waals surface area (Å²) in [6.45, 7) is 2.43. The summed E-state index contributed by atoms with van der Waals surface area (Å²) in [5, 5.41) is 0.516. The molecule has 1 aromatic heterocycles. The summed E-state index contributed by atoms with van der Waals surface area (Å²) in [4.78, 5) is 8.49. The summed E-state index contributed by atoms with van der Waals surface area (Å²) in [6.07, 6.45) is 1.67. The van der Waals surface area contributed by atoms with E-state index in [1.165, 1.54) is 0 Å². The molecule has 0 aromatic carbocycles. The quantitative estimate of drug-likeness (QED) is 0.724. The molecule has 0 amide bonds. The third-order valence-corrected chi connectivity index (χ3v) is 2.04. The van der Waals surface area contributed by atoms with E-state index in [4.69, 9.17) is 17.5 Å². The zero-order chi connectivity index (χ0) is 9.14. The fourth-order valence-corrected chi connectivity index (χ4v) is 1.55. The van der Waals surface area contributed by atoms with E-state index < -0.39 is 0 Å². The summed E-state index contributed by atoms with van der Waals surface area (Å²) in [5.74, 6) is 5.12. The van der Waals surface area contributed by atoms with Crippen molar-refractivity contribution in [2.45, 2.75) is 12.8 Å². The van der Waals surface area contributed by atoms with Crippen LogP contribution in [0.2, 0.25) is 5.15 Å². The van der Waals surface area contributed by atoms with Crippen molar-refractivity contribution in [1.82, 2.24) is 9.55 Å². The molecule has 5 heteroatoms. The smallest absolute Gasteiger partial charge is 0.150 e. The number of imidazole rings is 1. The number of rotatable bonds is 3. The van der Waals surface area contributed by atoms with Crippen LogP contribution < -0.4 is 5.90 Å². The lowest BCUT2D eigenvalue weighted by Gasteiger charge is -2.10. The first-order valence-corrected chi connectivity index (χ1v) is 4.03. The molecule has 0 saturated carbocycles. The van der Waals surface area contributed by atoms with Crippen molar-refractivity contribution >= 4 is 11.6 Å². The van der Waals surface area contributed by atoms with Gasteiger partial charge >= 0.3 is 0 Å². The Labute approximate surface area is 76.2 Å². The molecular formula is C7H12ClN3O. The Balaban J connectivity index is 2.85. The first-order chi connectivity index (χ1) is 5.66. The third-order valence-electron chi connectivity index (χ3n) is 1.75. The molecule has 0 spiro atoms. The third kappa shape index (κ3) is 1.77. The van der Waals surface area contributed by atoms with Gasteiger partial charge in [0.05, 0.1) is 18.6 Å². The van der Waals surface area contributed by atoms with Gasteiger partial charge in [0, 0.05) is 13.0 Å². The number of nitrogens with zero attached hydrogens (tertiary/aromatic N) is 2. The number of aryl methyl sites for hydroxylation is 1. The van der Waals surface area contributed by atoms with Crippen molar-refractivity contribution in [3.8, 4) is 0 Å². The Kier molecular flexibility index (Phi) is 3.08. The minimum Gasteiger partial charge on any atom is -0.336 e. The molecule has 2 N–H and O–H groups in total. The standard InChI is InChI=1S/C7H12ClN3O/c1-5(3-12-9)6-7(8)10-4-11(6)2/h4-5H,3,9H2,1-2H3. The second kappa shape index (κ2) is 3.89. The topological polar surface area (TPSA) is 53.1 Å². The maximum Gasteiger partial charge on any atom is 0.150 e. The second-order valence-corrected chi connectivity index (χ2v) is 3.12. The van der Waals surface area contributed by atoms with E-state index >= 15 is 0 Å². The molecule has 0 bridgehead atoms. The van der Waals surface area contributed by atoms with Crippen molar-refractivity contribution in [1.29, 1.82) is 0 Å². The van der Waals surface area contributed by atoms with Gasteiger partial charge in [-0.05, 0) is 0 Å². The monoisotopic (exact) mass is 189 g/mol. The van der Waals surface area contributed by atoms with Gasteiger partial charge < -0.3 is 9.40 Å². The zero-order valence-electron chi connectivity index (χ0n) is 7.12. The van der Waals surface area contributed by atoms with E-state index in [1.807, 2.05) is 18.5 Å². The van der Waals surface area contributed by atoms with Crippen LogP contribution >= 0.6 is 11.6 Å². The van der Waals surface area contributed by atoms with Gasteiger partial charge in [0.15, 0.2) is 5.15 Å². The molecule has 1 heterocycles. The van der Waals surface area contributed by atoms with Gasteiger partial charge in [0.2, 0.25) is 0 Å². The van der Waals surface area contributed by atoms with Crippen LogP contribution in [0.25, 0.3) is 0 Å². The van der Waals surface area contributed by atoms with Gasteiger partial charge in [-0.15, -0.1) is 0 Å². The summed E-state index contributed by atoms with van der Waals surface area (Å²) < 4.78 is 1.87. The van der Waals surface area contributed by atoms with Crippen molar-refractivity contribution < 1.29 is 4.84 Å². The predicted molar refractivity (Wildman–Crippen MR) is 46.8 cm³/mol. The number of hydrogen-bond acceptors (Lipinski definition) is 3. The van der Waals surface area contributed by atoms with E-state index in [0.717, 1.165) is 5.69 Å². The molecule has 1 rings (SSSR count). The summed E-state index contributed by atoms with van der Waals surface area (Å²) in [6, 6.07) is 0. The van der Waals surface area contributed by atoms with Crippen molar-refractivity contribution in [2.75, 3.05) is 6.61 Å². The molecule has 0 saturated heterocycles. The van der Waals surface area contributed by atoms with E-state index in [1.54, 1.807) is 6.33 Å². The van der Waals surface area contributed by atoms with Gasteiger partial charge in [-0.2, -0.15) is 0 Å². The van der Waals surface area contributed by atoms with Crippen LogP contribution in [0.1, 0.15) is 18.5 Å². The van der Waals surface area contributed by atoms with Crippen LogP contribution in [-0.4, -0.2) is 16.2 Å². The summed E-state index contributed by atoms with van der Waals surface area (Å²) in [5.41, 5.74) is 0.946. The van der Waals surface area contributed by atoms with E-state index in [9.17, 15) is 0 Å². The van der Waals surface area contributed by atoms with Crippen molar-refractivity contribution in [2.24, 2.45) is 12.9 Å². The van der Waals surface area contributed by atoms with Crippen LogP contribution in [0.4, 0.5) is 0 Å². The first kappa shape index (κ1) is 9.51. The normalized spacial score (nSPS) is 13.3. The van der Waals surface area contributed by atoms with Gasteiger partial charge in [0.1, 0.15) is 0 Å². The average molecular weight is 190 g/mol. The highest BCUT2D eigenvalue weighted by molar-refractivity contribution is 6.30. The second-order valence-electron chi connectivity index (χ2n) is 2.77. The number of halogens is 1. The maximum absolute atomic E-state index is 5.85. The number of nitrogens with two attached hydrogens (primary N) is 1. The highest BCUT2D eigenvalue weighted by Gasteiger charge is 2.14. The molecule has 68 valence electrons. The van der Waals surface area contributed by atoms with Crippen molar-refractivity contribution in [3.63, 3.8) is 0 Å². The highest BCUT2D eigenvalue weighted by atomic mass is 35.5. The Morgan fingerprint density at radius 2 is 2.50 bits per heavy atom. The molecule has 12 heavy (non-hydrogen) atoms. The lowest BCUT2D eigenvalue weighted by atomic mass is 10.1. The van der Waals surface area contributed by atoms with E-state index in [0.29, 0.717) is 11.8 Å². The molecular weight excluding hydrogens is 178 g/mol. The molecule has 0 radical (unpaired) electrons. The van der Waals surface area contributed by atoms with Crippen LogP contribution in [0.5, 0.6) is 0 Å². The molecule has 0 aliphatic carbocycles. The maximum atomic E-state index is 5.85. The zero-order valence-corrected chi connectivity index (χ0v) is 7.88. The van der Waals surface area contributed by atoms with Crippen LogP contribution in [0.3, 0.4) is 0 Å². The Bertz CT molecular complexity index is 242. The van der Waals surface area contributed by atoms with Gasteiger partial charge in [-0.25, -0.2) is 10.9 Å². The first-order valence-electron chi connectivity index (χ1n) is 3.65. The van der Waals surface area contributed by atoms with Gasteiger partial charge in [-0.3, -0.25) is 0 Å². The molecule has 1 atom stereocenters. The fraction of sp³-hybridized carbons (Fsp3) is 0.571. The molecule has 4 nitrogen and oxygen atoms in total.